The Hall–Kier alpha value is -2.14. The fourth-order valence-electron chi connectivity index (χ4n) is 1.85. The predicted octanol–water partition coefficient (Wildman–Crippen LogP) is 2.70. The molecule has 0 radical (unpaired) electrons. The highest BCUT2D eigenvalue weighted by molar-refractivity contribution is 6.31. The molecule has 1 heterocycles. The van der Waals surface area contributed by atoms with Gasteiger partial charge in [0, 0.05) is 29.5 Å². The Labute approximate surface area is 119 Å². The van der Waals surface area contributed by atoms with Gasteiger partial charge in [0.15, 0.2) is 5.43 Å². The van der Waals surface area contributed by atoms with Crippen molar-refractivity contribution in [1.29, 1.82) is 0 Å². The molecule has 104 valence electrons. The maximum absolute atomic E-state index is 13.2. The Morgan fingerprint density at radius 1 is 1.40 bits per heavy atom. The molecule has 0 bridgehead atoms. The minimum absolute atomic E-state index is 0.184. The smallest absolute Gasteiger partial charge is 0.341 e. The monoisotopic (exact) mass is 295 g/mol. The minimum atomic E-state index is -1.30. The van der Waals surface area contributed by atoms with Gasteiger partial charge in [0.25, 0.3) is 0 Å². The lowest BCUT2D eigenvalue weighted by molar-refractivity contribution is 0.0694. The van der Waals surface area contributed by atoms with E-state index in [1.807, 2.05) is 0 Å². The van der Waals surface area contributed by atoms with Crippen molar-refractivity contribution in [3.8, 4) is 0 Å². The van der Waals surface area contributed by atoms with Crippen LogP contribution in [0.5, 0.6) is 0 Å². The molecule has 4 nitrogen and oxygen atoms in total. The Kier molecular flexibility index (Phi) is 3.90. The zero-order chi connectivity index (χ0) is 14.9. The molecule has 1 N–H and O–H groups in total. The number of aromatic nitrogens is 1. The summed E-state index contributed by atoms with van der Waals surface area (Å²) in [5.41, 5.74) is 0.190. The Morgan fingerprint density at radius 2 is 2.10 bits per heavy atom. The molecule has 2 rings (SSSR count). The minimum Gasteiger partial charge on any atom is -0.477 e. The first kappa shape index (κ1) is 14.3. The van der Waals surface area contributed by atoms with E-state index in [0.717, 1.165) is 0 Å². The summed E-state index contributed by atoms with van der Waals surface area (Å²) < 4.78 is 14.8. The summed E-state index contributed by atoms with van der Waals surface area (Å²) in [6.45, 7) is 1.85. The van der Waals surface area contributed by atoms with Crippen LogP contribution in [0.1, 0.15) is 21.6 Å². The molecule has 0 unspecified atom stereocenters. The SMILES string of the molecule is Cc1cc(=O)c(C(=O)O)cn1Cc1cc(F)ccc1Cl. The van der Waals surface area contributed by atoms with E-state index in [1.54, 1.807) is 11.5 Å². The van der Waals surface area contributed by atoms with Crippen molar-refractivity contribution in [3.63, 3.8) is 0 Å². The lowest BCUT2D eigenvalue weighted by Gasteiger charge is -2.12. The molecule has 0 aliphatic heterocycles. The highest BCUT2D eigenvalue weighted by Crippen LogP contribution is 2.18. The number of nitrogens with zero attached hydrogens (tertiary/aromatic N) is 1. The lowest BCUT2D eigenvalue weighted by Crippen LogP contribution is -2.19. The van der Waals surface area contributed by atoms with Crippen LogP contribution in [0, 0.1) is 12.7 Å². The van der Waals surface area contributed by atoms with E-state index in [4.69, 9.17) is 16.7 Å². The fourth-order valence-corrected chi connectivity index (χ4v) is 2.03. The van der Waals surface area contributed by atoms with E-state index in [9.17, 15) is 14.0 Å². The van der Waals surface area contributed by atoms with Gasteiger partial charge >= 0.3 is 5.97 Å². The standard InChI is InChI=1S/C14H11ClFNO3/c1-8-4-13(18)11(14(19)20)7-17(8)6-9-5-10(16)2-3-12(9)15/h2-5,7H,6H2,1H3,(H,19,20). The van der Waals surface area contributed by atoms with Crippen molar-refractivity contribution in [2.45, 2.75) is 13.5 Å². The number of carbonyl (C=O) groups is 1. The highest BCUT2D eigenvalue weighted by atomic mass is 35.5. The molecule has 0 aliphatic carbocycles. The number of aryl methyl sites for hydroxylation is 1. The zero-order valence-electron chi connectivity index (χ0n) is 10.6. The van der Waals surface area contributed by atoms with Gasteiger partial charge in [-0.1, -0.05) is 11.6 Å². The fraction of sp³-hybridized carbons (Fsp3) is 0.143. The van der Waals surface area contributed by atoms with Gasteiger partial charge in [-0.3, -0.25) is 4.79 Å². The number of carboxylic acids is 1. The van der Waals surface area contributed by atoms with Crippen LogP contribution < -0.4 is 5.43 Å². The average Bonchev–Trinajstić information content (AvgIpc) is 2.36. The third kappa shape index (κ3) is 2.88. The number of rotatable bonds is 3. The number of benzene rings is 1. The van der Waals surface area contributed by atoms with E-state index in [2.05, 4.69) is 0 Å². The number of carboxylic acid groups (broad SMARTS) is 1. The molecule has 0 aliphatic rings. The largest absolute Gasteiger partial charge is 0.477 e. The summed E-state index contributed by atoms with van der Waals surface area (Å²) in [5.74, 6) is -1.73. The maximum Gasteiger partial charge on any atom is 0.341 e. The van der Waals surface area contributed by atoms with Gasteiger partial charge in [-0.2, -0.15) is 0 Å². The highest BCUT2D eigenvalue weighted by Gasteiger charge is 2.12. The van der Waals surface area contributed by atoms with Crippen molar-refractivity contribution in [3.05, 3.63) is 68.3 Å². The van der Waals surface area contributed by atoms with Crippen LogP contribution in [0.4, 0.5) is 4.39 Å². The molecular weight excluding hydrogens is 285 g/mol. The molecule has 0 amide bonds. The molecule has 0 spiro atoms. The molecule has 0 saturated heterocycles. The second kappa shape index (κ2) is 5.46. The zero-order valence-corrected chi connectivity index (χ0v) is 11.3. The lowest BCUT2D eigenvalue weighted by atomic mass is 10.2. The second-order valence-electron chi connectivity index (χ2n) is 4.36. The van der Waals surface area contributed by atoms with Crippen molar-refractivity contribution in [2.24, 2.45) is 0 Å². The van der Waals surface area contributed by atoms with Crippen molar-refractivity contribution < 1.29 is 14.3 Å². The van der Waals surface area contributed by atoms with Gasteiger partial charge in [-0.25, -0.2) is 9.18 Å². The van der Waals surface area contributed by atoms with Crippen LogP contribution in [0.15, 0.2) is 35.3 Å². The van der Waals surface area contributed by atoms with Crippen LogP contribution in [0.25, 0.3) is 0 Å². The first-order chi connectivity index (χ1) is 9.38. The van der Waals surface area contributed by atoms with E-state index >= 15 is 0 Å². The predicted molar refractivity (Wildman–Crippen MR) is 72.9 cm³/mol. The quantitative estimate of drug-likeness (QED) is 0.947. The van der Waals surface area contributed by atoms with E-state index in [-0.39, 0.29) is 12.1 Å². The van der Waals surface area contributed by atoms with Crippen molar-refractivity contribution >= 4 is 17.6 Å². The van der Waals surface area contributed by atoms with Crippen molar-refractivity contribution in [2.75, 3.05) is 0 Å². The number of aromatic carboxylic acids is 1. The normalized spacial score (nSPS) is 10.6. The van der Waals surface area contributed by atoms with Crippen LogP contribution in [-0.4, -0.2) is 15.6 Å². The Morgan fingerprint density at radius 3 is 2.75 bits per heavy atom. The first-order valence-corrected chi connectivity index (χ1v) is 6.14. The average molecular weight is 296 g/mol. The van der Waals surface area contributed by atoms with Gasteiger partial charge < -0.3 is 9.67 Å². The summed E-state index contributed by atoms with van der Waals surface area (Å²) in [4.78, 5) is 22.5. The molecule has 1 aromatic carbocycles. The summed E-state index contributed by atoms with van der Waals surface area (Å²) in [7, 11) is 0. The summed E-state index contributed by atoms with van der Waals surface area (Å²) in [6, 6.07) is 5.19. The summed E-state index contributed by atoms with van der Waals surface area (Å²) >= 11 is 5.97. The van der Waals surface area contributed by atoms with Gasteiger partial charge in [-0.05, 0) is 30.7 Å². The first-order valence-electron chi connectivity index (χ1n) is 5.77. The van der Waals surface area contributed by atoms with Gasteiger partial charge in [-0.15, -0.1) is 0 Å². The number of hydrogen-bond donors (Lipinski definition) is 1. The third-order valence-corrected chi connectivity index (χ3v) is 3.29. The summed E-state index contributed by atoms with van der Waals surface area (Å²) in [6.07, 6.45) is 1.24. The molecule has 20 heavy (non-hydrogen) atoms. The summed E-state index contributed by atoms with van der Waals surface area (Å²) in [5, 5.41) is 9.32. The topological polar surface area (TPSA) is 59.3 Å². The third-order valence-electron chi connectivity index (χ3n) is 2.92. The number of halogens is 2. The maximum atomic E-state index is 13.2. The van der Waals surface area contributed by atoms with Crippen LogP contribution >= 0.6 is 11.6 Å². The van der Waals surface area contributed by atoms with Crippen molar-refractivity contribution in [1.82, 2.24) is 4.57 Å². The van der Waals surface area contributed by atoms with E-state index < -0.39 is 17.2 Å². The molecule has 0 fully saturated rings. The van der Waals surface area contributed by atoms with E-state index in [0.29, 0.717) is 16.3 Å². The van der Waals surface area contributed by atoms with Crippen LogP contribution in [-0.2, 0) is 6.54 Å². The van der Waals surface area contributed by atoms with Gasteiger partial charge in [0.2, 0.25) is 0 Å². The molecular formula is C14H11ClFNO3. The molecule has 1 aromatic heterocycles. The Bertz CT molecular complexity index is 740. The Balaban J connectivity index is 2.48. The van der Waals surface area contributed by atoms with E-state index in [1.165, 1.54) is 30.5 Å². The van der Waals surface area contributed by atoms with Crippen LogP contribution in [0.3, 0.4) is 0 Å². The molecule has 0 atom stereocenters. The second-order valence-corrected chi connectivity index (χ2v) is 4.77. The van der Waals surface area contributed by atoms with Gasteiger partial charge in [0.1, 0.15) is 11.4 Å². The molecule has 6 heteroatoms. The van der Waals surface area contributed by atoms with Crippen LogP contribution in [0.2, 0.25) is 5.02 Å². The molecule has 2 aromatic rings. The molecule has 0 saturated carbocycles. The number of hydrogen-bond acceptors (Lipinski definition) is 2. The number of pyridine rings is 1. The van der Waals surface area contributed by atoms with Gasteiger partial charge in [0.05, 0.1) is 0 Å².